The van der Waals surface area contributed by atoms with Crippen LogP contribution in [-0.4, -0.2) is 41.5 Å². The smallest absolute Gasteiger partial charge is 0.384 e. The highest BCUT2D eigenvalue weighted by Crippen LogP contribution is 2.21. The van der Waals surface area contributed by atoms with Crippen LogP contribution in [0.5, 0.6) is 0 Å². The van der Waals surface area contributed by atoms with Crippen LogP contribution in [0.25, 0.3) is 0 Å². The molecule has 9 heteroatoms. The molecule has 0 aromatic carbocycles. The summed E-state index contributed by atoms with van der Waals surface area (Å²) in [6.07, 6.45) is -6.21. The zero-order chi connectivity index (χ0) is 16.8. The largest absolute Gasteiger partial charge is 0.414 e. The van der Waals surface area contributed by atoms with Gasteiger partial charge in [0.2, 0.25) is 0 Å². The van der Waals surface area contributed by atoms with Crippen LogP contribution in [0, 0.1) is 6.92 Å². The third-order valence-corrected chi connectivity index (χ3v) is 4.05. The number of carbonyl (C=O) groups excluding carboxylic acids is 1. The van der Waals surface area contributed by atoms with E-state index in [1.807, 2.05) is 13.8 Å². The first-order valence-corrected chi connectivity index (χ1v) is 7.77. The van der Waals surface area contributed by atoms with Gasteiger partial charge in [-0.25, -0.2) is 9.78 Å². The number of thiazole rings is 1. The number of hydrogen-bond donors (Lipinski definition) is 3. The van der Waals surface area contributed by atoms with Crippen LogP contribution in [0.2, 0.25) is 0 Å². The second kappa shape index (κ2) is 8.33. The molecule has 1 atom stereocenters. The Morgan fingerprint density at radius 2 is 2.00 bits per heavy atom. The lowest BCUT2D eigenvalue weighted by Crippen LogP contribution is -2.39. The maximum atomic E-state index is 12.0. The number of rotatable bonds is 7. The summed E-state index contributed by atoms with van der Waals surface area (Å²) in [5.41, 5.74) is 1.05. The number of aliphatic hydroxyl groups excluding tert-OH is 1. The van der Waals surface area contributed by atoms with Gasteiger partial charge < -0.3 is 15.7 Å². The highest BCUT2D eigenvalue weighted by atomic mass is 32.1. The molecule has 1 heterocycles. The minimum atomic E-state index is -4.65. The molecule has 3 N–H and O–H groups in total. The summed E-state index contributed by atoms with van der Waals surface area (Å²) in [4.78, 5) is 17.0. The molecule has 126 valence electrons. The quantitative estimate of drug-likeness (QED) is 0.713. The van der Waals surface area contributed by atoms with Crippen molar-refractivity contribution in [1.82, 2.24) is 15.6 Å². The molecular formula is C13H20F3N3O2S. The SMILES string of the molecule is CCc1nc(CCNC(=O)NCC[C@@H](O)C(F)(F)F)sc1C. The van der Waals surface area contributed by atoms with E-state index in [0.29, 0.717) is 13.0 Å². The van der Waals surface area contributed by atoms with E-state index in [1.165, 1.54) is 0 Å². The summed E-state index contributed by atoms with van der Waals surface area (Å²) in [5, 5.41) is 14.5. The Morgan fingerprint density at radius 1 is 1.36 bits per heavy atom. The third kappa shape index (κ3) is 6.18. The highest BCUT2D eigenvalue weighted by molar-refractivity contribution is 7.11. The summed E-state index contributed by atoms with van der Waals surface area (Å²) < 4.78 is 36.1. The Balaban J connectivity index is 2.20. The van der Waals surface area contributed by atoms with Gasteiger partial charge in [-0.2, -0.15) is 13.2 Å². The van der Waals surface area contributed by atoms with Crippen LogP contribution >= 0.6 is 11.3 Å². The Morgan fingerprint density at radius 3 is 2.55 bits per heavy atom. The standard InChI is InChI=1S/C13H20F3N3O2S/c1-3-9-8(2)22-11(19-9)5-7-18-12(21)17-6-4-10(20)13(14,15)16/h10,20H,3-7H2,1-2H3,(H2,17,18,21)/t10-/m1/s1. The van der Waals surface area contributed by atoms with Crippen molar-refractivity contribution in [1.29, 1.82) is 0 Å². The van der Waals surface area contributed by atoms with Crippen molar-refractivity contribution in [2.45, 2.75) is 45.4 Å². The van der Waals surface area contributed by atoms with Crippen molar-refractivity contribution >= 4 is 17.4 Å². The summed E-state index contributed by atoms with van der Waals surface area (Å²) >= 11 is 1.57. The number of urea groups is 1. The van der Waals surface area contributed by atoms with Gasteiger partial charge in [0.1, 0.15) is 0 Å². The summed E-state index contributed by atoms with van der Waals surface area (Å²) in [6.45, 7) is 4.12. The molecule has 0 unspecified atom stereocenters. The van der Waals surface area contributed by atoms with Crippen molar-refractivity contribution in [3.05, 3.63) is 15.6 Å². The van der Waals surface area contributed by atoms with Gasteiger partial charge >= 0.3 is 12.2 Å². The van der Waals surface area contributed by atoms with Gasteiger partial charge in [0.05, 0.1) is 10.7 Å². The fourth-order valence-electron chi connectivity index (χ4n) is 1.75. The first kappa shape index (κ1) is 18.7. The number of nitrogens with zero attached hydrogens (tertiary/aromatic N) is 1. The Labute approximate surface area is 130 Å². The molecule has 0 fully saturated rings. The van der Waals surface area contributed by atoms with Gasteiger partial charge in [0.15, 0.2) is 6.10 Å². The predicted molar refractivity (Wildman–Crippen MR) is 78.0 cm³/mol. The predicted octanol–water partition coefficient (Wildman–Crippen LogP) is 2.17. The van der Waals surface area contributed by atoms with E-state index in [9.17, 15) is 18.0 Å². The van der Waals surface area contributed by atoms with E-state index in [2.05, 4.69) is 15.6 Å². The van der Waals surface area contributed by atoms with E-state index < -0.39 is 24.7 Å². The molecule has 1 aromatic rings. The maximum Gasteiger partial charge on any atom is 0.414 e. The van der Waals surface area contributed by atoms with Crippen molar-refractivity contribution in [3.63, 3.8) is 0 Å². The number of carbonyl (C=O) groups is 1. The highest BCUT2D eigenvalue weighted by Gasteiger charge is 2.37. The van der Waals surface area contributed by atoms with Crippen LogP contribution in [-0.2, 0) is 12.8 Å². The Bertz CT molecular complexity index is 491. The zero-order valence-electron chi connectivity index (χ0n) is 12.5. The number of aryl methyl sites for hydroxylation is 2. The molecule has 5 nitrogen and oxygen atoms in total. The molecule has 22 heavy (non-hydrogen) atoms. The Kier molecular flexibility index (Phi) is 7.08. The third-order valence-electron chi connectivity index (χ3n) is 2.98. The van der Waals surface area contributed by atoms with Crippen molar-refractivity contribution in [3.8, 4) is 0 Å². The normalized spacial score (nSPS) is 13.0. The van der Waals surface area contributed by atoms with Crippen LogP contribution < -0.4 is 10.6 Å². The molecule has 0 saturated carbocycles. The van der Waals surface area contributed by atoms with E-state index in [-0.39, 0.29) is 6.54 Å². The van der Waals surface area contributed by atoms with Gasteiger partial charge in [-0.05, 0) is 19.8 Å². The average molecular weight is 339 g/mol. The van der Waals surface area contributed by atoms with Gasteiger partial charge in [-0.1, -0.05) is 6.92 Å². The number of amides is 2. The van der Waals surface area contributed by atoms with Crippen LogP contribution in [0.15, 0.2) is 0 Å². The first-order valence-electron chi connectivity index (χ1n) is 6.95. The average Bonchev–Trinajstić information content (AvgIpc) is 2.77. The number of alkyl halides is 3. The molecule has 0 aliphatic heterocycles. The lowest BCUT2D eigenvalue weighted by Gasteiger charge is -2.14. The van der Waals surface area contributed by atoms with Gasteiger partial charge in [0, 0.05) is 24.4 Å². The van der Waals surface area contributed by atoms with Crippen molar-refractivity contribution in [2.24, 2.45) is 0 Å². The second-order valence-corrected chi connectivity index (χ2v) is 6.03. The number of aromatic nitrogens is 1. The fourth-order valence-corrected chi connectivity index (χ4v) is 2.78. The molecule has 0 saturated heterocycles. The summed E-state index contributed by atoms with van der Waals surface area (Å²) in [5.74, 6) is 0. The molecule has 0 bridgehead atoms. The number of hydrogen-bond acceptors (Lipinski definition) is 4. The van der Waals surface area contributed by atoms with Gasteiger partial charge in [-0.3, -0.25) is 0 Å². The van der Waals surface area contributed by atoms with Crippen molar-refractivity contribution in [2.75, 3.05) is 13.1 Å². The molecule has 0 aliphatic carbocycles. The molecule has 1 rings (SSSR count). The second-order valence-electron chi connectivity index (χ2n) is 4.74. The van der Waals surface area contributed by atoms with Gasteiger partial charge in [-0.15, -0.1) is 11.3 Å². The van der Waals surface area contributed by atoms with E-state index >= 15 is 0 Å². The van der Waals surface area contributed by atoms with Gasteiger partial charge in [0.25, 0.3) is 0 Å². The minimum Gasteiger partial charge on any atom is -0.384 e. The first-order chi connectivity index (χ1) is 10.2. The molecule has 0 spiro atoms. The van der Waals surface area contributed by atoms with E-state index in [1.54, 1.807) is 11.3 Å². The summed E-state index contributed by atoms with van der Waals surface area (Å²) in [6, 6.07) is -0.557. The minimum absolute atomic E-state index is 0.247. The fraction of sp³-hybridized carbons (Fsp3) is 0.692. The Hall–Kier alpha value is -1.35. The van der Waals surface area contributed by atoms with E-state index in [0.717, 1.165) is 22.0 Å². The van der Waals surface area contributed by atoms with Crippen LogP contribution in [0.4, 0.5) is 18.0 Å². The molecule has 2 amide bonds. The molecule has 0 aliphatic rings. The van der Waals surface area contributed by atoms with Crippen LogP contribution in [0.1, 0.15) is 28.9 Å². The molecule has 1 aromatic heterocycles. The molecular weight excluding hydrogens is 319 g/mol. The number of halogens is 3. The van der Waals surface area contributed by atoms with Crippen LogP contribution in [0.3, 0.4) is 0 Å². The topological polar surface area (TPSA) is 74.2 Å². The maximum absolute atomic E-state index is 12.0. The zero-order valence-corrected chi connectivity index (χ0v) is 13.3. The lowest BCUT2D eigenvalue weighted by atomic mass is 10.2. The lowest BCUT2D eigenvalue weighted by molar-refractivity contribution is -0.204. The monoisotopic (exact) mass is 339 g/mol. The van der Waals surface area contributed by atoms with Crippen molar-refractivity contribution < 1.29 is 23.1 Å². The summed E-state index contributed by atoms with van der Waals surface area (Å²) in [7, 11) is 0. The number of aliphatic hydroxyl groups is 1. The number of nitrogens with one attached hydrogen (secondary N) is 2. The van der Waals surface area contributed by atoms with E-state index in [4.69, 9.17) is 5.11 Å². The molecule has 0 radical (unpaired) electrons.